The van der Waals surface area contributed by atoms with Crippen molar-refractivity contribution in [2.45, 2.75) is 118 Å². The average Bonchev–Trinajstić information content (AvgIpc) is 3.14. The van der Waals surface area contributed by atoms with Gasteiger partial charge in [0.15, 0.2) is 0 Å². The molecule has 1 N–H and O–H groups in total. The smallest absolute Gasteiger partial charge is 0.243 e. The third kappa shape index (κ3) is 4.58. The van der Waals surface area contributed by atoms with Gasteiger partial charge in [-0.05, 0) is 122 Å². The van der Waals surface area contributed by atoms with Crippen LogP contribution in [0.4, 0.5) is 0 Å². The molecule has 0 aliphatic heterocycles. The van der Waals surface area contributed by atoms with Crippen LogP contribution in [-0.4, -0.2) is 11.9 Å². The fourth-order valence-corrected chi connectivity index (χ4v) is 9.68. The van der Waals surface area contributed by atoms with Crippen LogP contribution < -0.4 is 5.32 Å². The van der Waals surface area contributed by atoms with E-state index in [1.807, 2.05) is 0 Å². The van der Waals surface area contributed by atoms with Crippen molar-refractivity contribution in [2.24, 2.45) is 58.2 Å². The van der Waals surface area contributed by atoms with Gasteiger partial charge in [-0.15, -0.1) is 0 Å². The van der Waals surface area contributed by atoms with Gasteiger partial charge < -0.3 is 5.32 Å². The van der Waals surface area contributed by atoms with Crippen LogP contribution >= 0.6 is 0 Å². The van der Waals surface area contributed by atoms with Gasteiger partial charge in [0, 0.05) is 6.04 Å². The Balaban J connectivity index is 1.42. The third-order valence-electron chi connectivity index (χ3n) is 12.2. The van der Waals surface area contributed by atoms with Crippen LogP contribution in [0.25, 0.3) is 0 Å². The van der Waals surface area contributed by atoms with E-state index in [1.165, 1.54) is 70.3 Å². The minimum absolute atomic E-state index is 0.0135. The Morgan fingerprint density at radius 2 is 1.64 bits per heavy atom. The molecule has 1 unspecified atom stereocenters. The largest absolute Gasteiger partial charge is 0.350 e. The predicted molar refractivity (Wildman–Crippen MR) is 140 cm³/mol. The van der Waals surface area contributed by atoms with Crippen molar-refractivity contribution in [1.29, 1.82) is 0 Å². The molecular formula is C31H53NO. The summed E-state index contributed by atoms with van der Waals surface area (Å²) in [4.78, 5) is 11.9. The van der Waals surface area contributed by atoms with Crippen molar-refractivity contribution in [1.82, 2.24) is 5.32 Å². The summed E-state index contributed by atoms with van der Waals surface area (Å²) in [7, 11) is 0. The number of nitrogens with one attached hydrogen (secondary N) is 1. The van der Waals surface area contributed by atoms with Crippen LogP contribution in [0.3, 0.4) is 0 Å². The fraction of sp³-hybridized carbons (Fsp3) is 0.903. The van der Waals surface area contributed by atoms with Crippen molar-refractivity contribution < 1.29 is 4.79 Å². The number of fused-ring (bicyclic) bond motifs is 5. The second-order valence-corrected chi connectivity index (χ2v) is 13.8. The highest BCUT2D eigenvalue weighted by molar-refractivity contribution is 5.87. The van der Waals surface area contributed by atoms with E-state index in [0.717, 1.165) is 53.8 Å². The molecule has 188 valence electrons. The quantitative estimate of drug-likeness (QED) is 0.387. The molecule has 4 rings (SSSR count). The fourth-order valence-electron chi connectivity index (χ4n) is 9.68. The summed E-state index contributed by atoms with van der Waals surface area (Å²) in [6.07, 6.45) is 16.7. The van der Waals surface area contributed by atoms with Crippen molar-refractivity contribution in [2.75, 3.05) is 0 Å². The molecule has 0 aromatic carbocycles. The van der Waals surface area contributed by atoms with Gasteiger partial charge in [-0.25, -0.2) is 0 Å². The Hall–Kier alpha value is -0.790. The van der Waals surface area contributed by atoms with E-state index >= 15 is 0 Å². The van der Waals surface area contributed by atoms with Gasteiger partial charge >= 0.3 is 0 Å². The molecule has 2 nitrogen and oxygen atoms in total. The van der Waals surface area contributed by atoms with E-state index in [0.29, 0.717) is 16.9 Å². The van der Waals surface area contributed by atoms with Crippen LogP contribution in [0.5, 0.6) is 0 Å². The number of rotatable bonds is 7. The molecule has 10 atom stereocenters. The predicted octanol–water partition coefficient (Wildman–Crippen LogP) is 8.02. The molecule has 0 aromatic heterocycles. The van der Waals surface area contributed by atoms with E-state index < -0.39 is 0 Å². The van der Waals surface area contributed by atoms with Gasteiger partial charge in [0.1, 0.15) is 0 Å². The van der Waals surface area contributed by atoms with E-state index in [-0.39, 0.29) is 5.91 Å². The molecule has 4 aliphatic carbocycles. The molecule has 4 fully saturated rings. The first kappa shape index (κ1) is 25.3. The van der Waals surface area contributed by atoms with Crippen molar-refractivity contribution in [3.8, 4) is 0 Å². The number of carbonyl (C=O) groups is 1. The van der Waals surface area contributed by atoms with Gasteiger partial charge in [0.2, 0.25) is 5.91 Å². The summed E-state index contributed by atoms with van der Waals surface area (Å²) < 4.78 is 0. The lowest BCUT2D eigenvalue weighted by atomic mass is 9.44. The number of hydrogen-bond acceptors (Lipinski definition) is 1. The number of amides is 1. The zero-order chi connectivity index (χ0) is 24.0. The summed E-state index contributed by atoms with van der Waals surface area (Å²) in [6, 6.07) is 0.365. The molecule has 4 aliphatic rings. The van der Waals surface area contributed by atoms with Gasteiger partial charge in [0.05, 0.1) is 0 Å². The normalized spacial score (nSPS) is 44.3. The van der Waals surface area contributed by atoms with E-state index in [1.54, 1.807) is 0 Å². The SMILES string of the molecule is C=CC(=O)N[C@H]1CC[C@@]2(C)[C@@H](CC[C@@H]3[C@@H]2CC[C@]2(C)C([C@H](C)CC[C@@H](C)C(C)C)CC[C@@H]32)C1. The molecule has 0 heterocycles. The minimum Gasteiger partial charge on any atom is -0.350 e. The standard InChI is InChI=1S/C31H53NO/c1-8-29(33)32-24-15-17-30(6)23(19-24)11-12-25-27-14-13-26(31(27,7)18-16-28(25)30)22(5)10-9-21(4)20(2)3/h8,20-28H,1,9-19H2,2-7H3,(H,32,33)/t21-,22-,23+,24+,25+,26?,27+,28+,30+,31-/m1/s1. The molecule has 2 heteroatoms. The lowest BCUT2D eigenvalue weighted by Crippen LogP contribution is -2.55. The number of hydrogen-bond donors (Lipinski definition) is 1. The summed E-state index contributed by atoms with van der Waals surface area (Å²) in [6.45, 7) is 18.8. The van der Waals surface area contributed by atoms with Gasteiger partial charge in [-0.3, -0.25) is 4.79 Å². The van der Waals surface area contributed by atoms with E-state index in [9.17, 15) is 4.79 Å². The Morgan fingerprint density at radius 3 is 2.33 bits per heavy atom. The molecule has 0 saturated heterocycles. The Bertz CT molecular complexity index is 714. The van der Waals surface area contributed by atoms with E-state index in [2.05, 4.69) is 53.4 Å². The second kappa shape index (κ2) is 9.69. The van der Waals surface area contributed by atoms with Crippen LogP contribution in [-0.2, 0) is 4.79 Å². The summed E-state index contributed by atoms with van der Waals surface area (Å²) >= 11 is 0. The van der Waals surface area contributed by atoms with Crippen LogP contribution in [0.1, 0.15) is 112 Å². The molecule has 0 spiro atoms. The first-order valence-electron chi connectivity index (χ1n) is 14.5. The molecule has 0 aromatic rings. The molecule has 1 amide bonds. The first-order valence-corrected chi connectivity index (χ1v) is 14.5. The summed E-state index contributed by atoms with van der Waals surface area (Å²) in [5, 5.41) is 3.22. The van der Waals surface area contributed by atoms with Crippen molar-refractivity contribution in [3.05, 3.63) is 12.7 Å². The Labute approximate surface area is 205 Å². The lowest BCUT2D eigenvalue weighted by molar-refractivity contribution is -0.125. The van der Waals surface area contributed by atoms with Crippen molar-refractivity contribution >= 4 is 5.91 Å². The molecular weight excluding hydrogens is 402 g/mol. The maximum absolute atomic E-state index is 11.9. The zero-order valence-electron chi connectivity index (χ0n) is 22.7. The monoisotopic (exact) mass is 455 g/mol. The average molecular weight is 456 g/mol. The second-order valence-electron chi connectivity index (χ2n) is 13.8. The minimum atomic E-state index is 0.0135. The highest BCUT2D eigenvalue weighted by atomic mass is 16.1. The van der Waals surface area contributed by atoms with Crippen LogP contribution in [0.2, 0.25) is 0 Å². The first-order chi connectivity index (χ1) is 15.6. The van der Waals surface area contributed by atoms with Gasteiger partial charge in [0.25, 0.3) is 0 Å². The molecule has 4 saturated carbocycles. The Morgan fingerprint density at radius 1 is 0.939 bits per heavy atom. The Kier molecular flexibility index (Phi) is 7.43. The maximum atomic E-state index is 11.9. The van der Waals surface area contributed by atoms with Crippen LogP contribution in [0.15, 0.2) is 12.7 Å². The topological polar surface area (TPSA) is 29.1 Å². The molecule has 0 radical (unpaired) electrons. The molecule has 33 heavy (non-hydrogen) atoms. The highest BCUT2D eigenvalue weighted by Gasteiger charge is 2.60. The van der Waals surface area contributed by atoms with Crippen molar-refractivity contribution in [3.63, 3.8) is 0 Å². The highest BCUT2D eigenvalue weighted by Crippen LogP contribution is 2.68. The summed E-state index contributed by atoms with van der Waals surface area (Å²) in [5.41, 5.74) is 1.08. The van der Waals surface area contributed by atoms with Gasteiger partial charge in [-0.2, -0.15) is 0 Å². The third-order valence-corrected chi connectivity index (χ3v) is 12.2. The number of carbonyl (C=O) groups excluding carboxylic acids is 1. The lowest BCUT2D eigenvalue weighted by Gasteiger charge is -2.61. The van der Waals surface area contributed by atoms with Gasteiger partial charge in [-0.1, -0.05) is 61.0 Å². The summed E-state index contributed by atoms with van der Waals surface area (Å²) in [5.74, 6) is 7.14. The van der Waals surface area contributed by atoms with E-state index in [4.69, 9.17) is 0 Å². The molecule has 0 bridgehead atoms. The zero-order valence-corrected chi connectivity index (χ0v) is 22.7. The maximum Gasteiger partial charge on any atom is 0.243 e. The van der Waals surface area contributed by atoms with Crippen LogP contribution in [0, 0.1) is 58.2 Å².